The van der Waals surface area contributed by atoms with Crippen LogP contribution in [0.3, 0.4) is 0 Å². The second-order valence-electron chi connectivity index (χ2n) is 6.87. The number of nitrogens with zero attached hydrogens (tertiary/aromatic N) is 4. The van der Waals surface area contributed by atoms with E-state index < -0.39 is 0 Å². The van der Waals surface area contributed by atoms with Crippen molar-refractivity contribution < 1.29 is 14.3 Å². The summed E-state index contributed by atoms with van der Waals surface area (Å²) in [4.78, 5) is 26.4. The summed E-state index contributed by atoms with van der Waals surface area (Å²) in [7, 11) is 0. The number of hydrogen-bond acceptors (Lipinski definition) is 6. The van der Waals surface area contributed by atoms with Crippen LogP contribution in [-0.4, -0.2) is 57.2 Å². The van der Waals surface area contributed by atoms with Crippen LogP contribution in [0.5, 0.6) is 0 Å². The van der Waals surface area contributed by atoms with Gasteiger partial charge in [-0.3, -0.25) is 14.8 Å². The lowest BCUT2D eigenvalue weighted by Gasteiger charge is -2.38. The Labute approximate surface area is 152 Å². The largest absolute Gasteiger partial charge is 0.372 e. The van der Waals surface area contributed by atoms with Crippen molar-refractivity contribution in [1.82, 2.24) is 19.9 Å². The standard InChI is InChI=1S/C19H22N4O3/c24-18(17-12-21-7-8-22-17)23-9-3-19(4-10-23)11-16(14-26-19)25-13-15-1-5-20-6-2-15/h1-2,5-8,12,16H,3-4,9-11,13-14H2/t16-/m1/s1. The molecule has 0 radical (unpaired) electrons. The molecule has 2 saturated heterocycles. The first-order valence-corrected chi connectivity index (χ1v) is 8.94. The second-order valence-corrected chi connectivity index (χ2v) is 6.87. The van der Waals surface area contributed by atoms with Gasteiger partial charge in [0.15, 0.2) is 0 Å². The van der Waals surface area contributed by atoms with Gasteiger partial charge in [-0.1, -0.05) is 0 Å². The summed E-state index contributed by atoms with van der Waals surface area (Å²) in [6, 6.07) is 3.92. The van der Waals surface area contributed by atoms with Gasteiger partial charge in [-0.25, -0.2) is 4.98 Å². The first-order valence-electron chi connectivity index (χ1n) is 8.94. The van der Waals surface area contributed by atoms with Crippen molar-refractivity contribution in [3.63, 3.8) is 0 Å². The molecule has 0 aliphatic carbocycles. The molecule has 1 spiro atoms. The maximum atomic E-state index is 12.5. The van der Waals surface area contributed by atoms with Crippen LogP contribution >= 0.6 is 0 Å². The van der Waals surface area contributed by atoms with Crippen LogP contribution in [0, 0.1) is 0 Å². The molecule has 2 aromatic rings. The normalized spacial score (nSPS) is 21.8. The van der Waals surface area contributed by atoms with Crippen LogP contribution in [0.4, 0.5) is 0 Å². The van der Waals surface area contributed by atoms with Gasteiger partial charge in [0.1, 0.15) is 5.69 Å². The Morgan fingerprint density at radius 3 is 2.73 bits per heavy atom. The number of carbonyl (C=O) groups excluding carboxylic acids is 1. The first-order chi connectivity index (χ1) is 12.7. The Bertz CT molecular complexity index is 733. The SMILES string of the molecule is O=C(c1cnccn1)N1CCC2(CC1)C[C@@H](OCc1ccncc1)CO2. The number of pyridine rings is 1. The minimum absolute atomic E-state index is 0.0589. The van der Waals surface area contributed by atoms with E-state index in [1.54, 1.807) is 24.8 Å². The maximum Gasteiger partial charge on any atom is 0.274 e. The summed E-state index contributed by atoms with van der Waals surface area (Å²) in [5.74, 6) is -0.0589. The molecule has 0 bridgehead atoms. The van der Waals surface area contributed by atoms with Crippen LogP contribution in [-0.2, 0) is 16.1 Å². The van der Waals surface area contributed by atoms with E-state index in [1.807, 2.05) is 17.0 Å². The highest BCUT2D eigenvalue weighted by Gasteiger charge is 2.44. The average Bonchev–Trinajstić information content (AvgIpc) is 3.10. The molecule has 4 rings (SSSR count). The molecule has 4 heterocycles. The van der Waals surface area contributed by atoms with E-state index in [0.29, 0.717) is 32.0 Å². The van der Waals surface area contributed by atoms with E-state index in [1.165, 1.54) is 6.20 Å². The van der Waals surface area contributed by atoms with Crippen molar-refractivity contribution in [2.45, 2.75) is 37.6 Å². The van der Waals surface area contributed by atoms with Crippen molar-refractivity contribution in [3.05, 3.63) is 54.4 Å². The minimum atomic E-state index is -0.165. The van der Waals surface area contributed by atoms with E-state index in [2.05, 4.69) is 15.0 Å². The van der Waals surface area contributed by atoms with Gasteiger partial charge in [0.05, 0.1) is 31.1 Å². The quantitative estimate of drug-likeness (QED) is 0.834. The van der Waals surface area contributed by atoms with Gasteiger partial charge < -0.3 is 14.4 Å². The molecule has 0 aromatic carbocycles. The molecule has 2 fully saturated rings. The van der Waals surface area contributed by atoms with Gasteiger partial charge in [0, 0.05) is 44.3 Å². The third kappa shape index (κ3) is 3.73. The predicted molar refractivity (Wildman–Crippen MR) is 93.3 cm³/mol. The van der Waals surface area contributed by atoms with E-state index in [-0.39, 0.29) is 17.6 Å². The van der Waals surface area contributed by atoms with Crippen LogP contribution < -0.4 is 0 Å². The summed E-state index contributed by atoms with van der Waals surface area (Å²) >= 11 is 0. The number of likely N-dealkylation sites (tertiary alicyclic amines) is 1. The molecule has 0 unspecified atom stereocenters. The summed E-state index contributed by atoms with van der Waals surface area (Å²) in [5.41, 5.74) is 1.35. The Morgan fingerprint density at radius 1 is 1.19 bits per heavy atom. The van der Waals surface area contributed by atoms with Crippen molar-refractivity contribution in [3.8, 4) is 0 Å². The highest BCUT2D eigenvalue weighted by molar-refractivity contribution is 5.92. The fourth-order valence-electron chi connectivity index (χ4n) is 3.64. The maximum absolute atomic E-state index is 12.5. The number of hydrogen-bond donors (Lipinski definition) is 0. The average molecular weight is 354 g/mol. The molecule has 136 valence electrons. The van der Waals surface area contributed by atoms with E-state index in [9.17, 15) is 4.79 Å². The fraction of sp³-hybridized carbons (Fsp3) is 0.474. The monoisotopic (exact) mass is 354 g/mol. The molecular weight excluding hydrogens is 332 g/mol. The Balaban J connectivity index is 1.28. The van der Waals surface area contributed by atoms with Crippen molar-refractivity contribution in [1.29, 1.82) is 0 Å². The molecule has 26 heavy (non-hydrogen) atoms. The van der Waals surface area contributed by atoms with Crippen molar-refractivity contribution >= 4 is 5.91 Å². The van der Waals surface area contributed by atoms with Gasteiger partial charge in [-0.15, -0.1) is 0 Å². The zero-order valence-corrected chi connectivity index (χ0v) is 14.6. The van der Waals surface area contributed by atoms with Gasteiger partial charge in [-0.2, -0.15) is 0 Å². The van der Waals surface area contributed by atoms with Crippen LogP contribution in [0.25, 0.3) is 0 Å². The van der Waals surface area contributed by atoms with Crippen LogP contribution in [0.1, 0.15) is 35.3 Å². The summed E-state index contributed by atoms with van der Waals surface area (Å²) in [6.45, 7) is 2.53. The second kappa shape index (κ2) is 7.47. The summed E-state index contributed by atoms with van der Waals surface area (Å²) in [5, 5.41) is 0. The summed E-state index contributed by atoms with van der Waals surface area (Å²) in [6.07, 6.45) is 10.8. The number of aromatic nitrogens is 3. The van der Waals surface area contributed by atoms with E-state index in [0.717, 1.165) is 24.8 Å². The Kier molecular flexibility index (Phi) is 4.90. The fourth-order valence-corrected chi connectivity index (χ4v) is 3.64. The summed E-state index contributed by atoms with van der Waals surface area (Å²) < 4.78 is 12.1. The van der Waals surface area contributed by atoms with Gasteiger partial charge in [-0.05, 0) is 30.5 Å². The molecule has 0 saturated carbocycles. The number of ether oxygens (including phenoxy) is 2. The topological polar surface area (TPSA) is 77.4 Å². The Morgan fingerprint density at radius 2 is 2.00 bits per heavy atom. The smallest absolute Gasteiger partial charge is 0.274 e. The van der Waals surface area contributed by atoms with Crippen molar-refractivity contribution in [2.75, 3.05) is 19.7 Å². The lowest BCUT2D eigenvalue weighted by molar-refractivity contribution is -0.0413. The number of carbonyl (C=O) groups is 1. The van der Waals surface area contributed by atoms with Gasteiger partial charge in [0.2, 0.25) is 0 Å². The third-order valence-electron chi connectivity index (χ3n) is 5.15. The lowest BCUT2D eigenvalue weighted by atomic mass is 9.88. The molecule has 2 aliphatic rings. The molecule has 1 atom stereocenters. The molecule has 2 aromatic heterocycles. The minimum Gasteiger partial charge on any atom is -0.372 e. The number of amides is 1. The molecule has 7 heteroatoms. The van der Waals surface area contributed by atoms with Gasteiger partial charge in [0.25, 0.3) is 5.91 Å². The van der Waals surface area contributed by atoms with Crippen molar-refractivity contribution in [2.24, 2.45) is 0 Å². The van der Waals surface area contributed by atoms with Crippen LogP contribution in [0.2, 0.25) is 0 Å². The molecule has 0 N–H and O–H groups in total. The Hall–Kier alpha value is -2.38. The van der Waals surface area contributed by atoms with E-state index >= 15 is 0 Å². The van der Waals surface area contributed by atoms with Gasteiger partial charge >= 0.3 is 0 Å². The molecule has 2 aliphatic heterocycles. The third-order valence-corrected chi connectivity index (χ3v) is 5.15. The molecule has 1 amide bonds. The predicted octanol–water partition coefficient (Wildman–Crippen LogP) is 1.85. The first kappa shape index (κ1) is 17.1. The number of piperidine rings is 1. The highest BCUT2D eigenvalue weighted by atomic mass is 16.6. The zero-order valence-electron chi connectivity index (χ0n) is 14.6. The van der Waals surface area contributed by atoms with E-state index in [4.69, 9.17) is 9.47 Å². The lowest BCUT2D eigenvalue weighted by Crippen LogP contribution is -2.46. The highest BCUT2D eigenvalue weighted by Crippen LogP contribution is 2.37. The number of rotatable bonds is 4. The molecular formula is C19H22N4O3. The van der Waals surface area contributed by atoms with Crippen LogP contribution in [0.15, 0.2) is 43.1 Å². The molecule has 7 nitrogen and oxygen atoms in total. The zero-order chi connectivity index (χ0) is 17.8.